The molecule has 0 spiro atoms. The number of hydrogen-bond donors (Lipinski definition) is 3. The predicted octanol–water partition coefficient (Wildman–Crippen LogP) is 3.80. The van der Waals surface area contributed by atoms with E-state index in [0.717, 1.165) is 16.5 Å². The van der Waals surface area contributed by atoms with Crippen LogP contribution < -0.4 is 16.2 Å². The van der Waals surface area contributed by atoms with Crippen molar-refractivity contribution in [2.45, 2.75) is 44.8 Å². The van der Waals surface area contributed by atoms with Crippen molar-refractivity contribution in [2.75, 3.05) is 0 Å². The molecule has 0 aromatic heterocycles. The van der Waals surface area contributed by atoms with E-state index in [-0.39, 0.29) is 18.0 Å². The molecule has 0 saturated carbocycles. The first kappa shape index (κ1) is 18.1. The second-order valence-corrected chi connectivity index (χ2v) is 7.71. The van der Waals surface area contributed by atoms with Gasteiger partial charge in [0.25, 0.3) is 0 Å². The van der Waals surface area contributed by atoms with Gasteiger partial charge in [0.15, 0.2) is 0 Å². The number of rotatable bonds is 5. The number of hydrazine groups is 1. The first-order valence-electron chi connectivity index (χ1n) is 8.66. The normalized spacial score (nSPS) is 20.0. The number of halogens is 1. The van der Waals surface area contributed by atoms with Crippen LogP contribution in [0, 0.1) is 0 Å². The van der Waals surface area contributed by atoms with E-state index in [1.165, 1.54) is 11.1 Å². The van der Waals surface area contributed by atoms with Gasteiger partial charge < -0.3 is 5.32 Å². The fourth-order valence-corrected chi connectivity index (χ4v) is 3.24. The van der Waals surface area contributed by atoms with Gasteiger partial charge >= 0.3 is 0 Å². The molecule has 25 heavy (non-hydrogen) atoms. The van der Waals surface area contributed by atoms with Crippen molar-refractivity contribution in [1.82, 2.24) is 16.2 Å². The fourth-order valence-electron chi connectivity index (χ4n) is 2.97. The lowest BCUT2D eigenvalue weighted by atomic mass is 10.0. The highest BCUT2D eigenvalue weighted by Crippen LogP contribution is 2.24. The van der Waals surface area contributed by atoms with Crippen molar-refractivity contribution in [2.24, 2.45) is 0 Å². The third kappa shape index (κ3) is 4.69. The van der Waals surface area contributed by atoms with Crippen molar-refractivity contribution in [1.29, 1.82) is 0 Å². The molecule has 5 heteroatoms. The number of carbonyl (C=O) groups excluding carboxylic acids is 1. The Hall–Kier alpha value is -1.69. The quantitative estimate of drug-likeness (QED) is 0.713. The van der Waals surface area contributed by atoms with E-state index in [4.69, 9.17) is 0 Å². The van der Waals surface area contributed by atoms with Crippen molar-refractivity contribution >= 4 is 21.8 Å². The minimum atomic E-state index is -0.219. The summed E-state index contributed by atoms with van der Waals surface area (Å²) in [4.78, 5) is 12.4. The molecule has 2 atom stereocenters. The summed E-state index contributed by atoms with van der Waals surface area (Å²) in [7, 11) is 0. The highest BCUT2D eigenvalue weighted by molar-refractivity contribution is 9.10. The molecule has 132 valence electrons. The second kappa shape index (κ2) is 8.13. The number of amides is 1. The van der Waals surface area contributed by atoms with Crippen LogP contribution in [0.2, 0.25) is 0 Å². The Morgan fingerprint density at radius 3 is 2.44 bits per heavy atom. The Morgan fingerprint density at radius 1 is 1.12 bits per heavy atom. The first-order valence-corrected chi connectivity index (χ1v) is 9.45. The lowest BCUT2D eigenvalue weighted by Crippen LogP contribution is -2.42. The summed E-state index contributed by atoms with van der Waals surface area (Å²) in [5.41, 5.74) is 9.93. The molecule has 1 aliphatic heterocycles. The molecule has 0 radical (unpaired) electrons. The molecule has 1 amide bonds. The smallest absolute Gasteiger partial charge is 0.238 e. The van der Waals surface area contributed by atoms with Gasteiger partial charge in [-0.15, -0.1) is 0 Å². The highest BCUT2D eigenvalue weighted by atomic mass is 79.9. The zero-order valence-electron chi connectivity index (χ0n) is 14.6. The van der Waals surface area contributed by atoms with E-state index in [0.29, 0.717) is 12.5 Å². The number of carbonyl (C=O) groups is 1. The second-order valence-electron chi connectivity index (χ2n) is 6.80. The minimum absolute atomic E-state index is 0.0278. The fraction of sp³-hybridized carbons (Fsp3) is 0.350. The van der Waals surface area contributed by atoms with Gasteiger partial charge in [-0.3, -0.25) is 4.79 Å². The Labute approximate surface area is 157 Å². The van der Waals surface area contributed by atoms with Crippen molar-refractivity contribution in [3.05, 3.63) is 69.7 Å². The van der Waals surface area contributed by atoms with E-state index in [1.807, 2.05) is 12.1 Å². The maximum Gasteiger partial charge on any atom is 0.238 e. The lowest BCUT2D eigenvalue weighted by molar-refractivity contribution is -0.123. The summed E-state index contributed by atoms with van der Waals surface area (Å²) in [6, 6.07) is 16.5. The van der Waals surface area contributed by atoms with Gasteiger partial charge in [0.05, 0.1) is 0 Å². The zero-order chi connectivity index (χ0) is 17.8. The van der Waals surface area contributed by atoms with E-state index in [1.54, 1.807) is 0 Å². The SMILES string of the molecule is CC(C)c1ccc(CNC(=O)C2CC(c3ccc(Br)cc3)NN2)cc1. The van der Waals surface area contributed by atoms with Crippen molar-refractivity contribution in [3.8, 4) is 0 Å². The van der Waals surface area contributed by atoms with Crippen molar-refractivity contribution in [3.63, 3.8) is 0 Å². The molecular weight excluding hydrogens is 378 g/mol. The standard InChI is InChI=1S/C20H24BrN3O/c1-13(2)15-5-3-14(4-6-15)12-22-20(25)19-11-18(23-24-19)16-7-9-17(21)10-8-16/h3-10,13,18-19,23-24H,11-12H2,1-2H3,(H,22,25). The predicted molar refractivity (Wildman–Crippen MR) is 104 cm³/mol. The van der Waals surface area contributed by atoms with Crippen LogP contribution in [-0.2, 0) is 11.3 Å². The largest absolute Gasteiger partial charge is 0.351 e. The Bertz CT molecular complexity index is 713. The van der Waals surface area contributed by atoms with Crippen LogP contribution in [-0.4, -0.2) is 11.9 Å². The molecule has 2 unspecified atom stereocenters. The molecule has 0 aliphatic carbocycles. The average Bonchev–Trinajstić information content (AvgIpc) is 3.11. The molecule has 1 saturated heterocycles. The molecule has 2 aromatic carbocycles. The number of hydrogen-bond acceptors (Lipinski definition) is 3. The van der Waals surface area contributed by atoms with E-state index in [2.05, 4.69) is 82.3 Å². The molecule has 1 aliphatic rings. The topological polar surface area (TPSA) is 53.2 Å². The van der Waals surface area contributed by atoms with Gasteiger partial charge in [0.2, 0.25) is 5.91 Å². The van der Waals surface area contributed by atoms with Gasteiger partial charge in [-0.1, -0.05) is 66.2 Å². The van der Waals surface area contributed by atoms with Crippen LogP contribution in [0.4, 0.5) is 0 Å². The summed E-state index contributed by atoms with van der Waals surface area (Å²) in [5.74, 6) is 0.549. The molecule has 2 aromatic rings. The zero-order valence-corrected chi connectivity index (χ0v) is 16.1. The van der Waals surface area contributed by atoms with Gasteiger partial charge in [0, 0.05) is 17.1 Å². The summed E-state index contributed by atoms with van der Waals surface area (Å²) >= 11 is 3.44. The van der Waals surface area contributed by atoms with E-state index < -0.39 is 0 Å². The van der Waals surface area contributed by atoms with Crippen LogP contribution in [0.5, 0.6) is 0 Å². The molecular formula is C20H24BrN3O. The van der Waals surface area contributed by atoms with Gasteiger partial charge in [-0.05, 0) is 41.2 Å². The van der Waals surface area contributed by atoms with Crippen LogP contribution >= 0.6 is 15.9 Å². The monoisotopic (exact) mass is 401 g/mol. The van der Waals surface area contributed by atoms with Gasteiger partial charge in [-0.25, -0.2) is 10.9 Å². The summed E-state index contributed by atoms with van der Waals surface area (Å²) < 4.78 is 1.06. The Morgan fingerprint density at radius 2 is 1.80 bits per heavy atom. The van der Waals surface area contributed by atoms with Crippen LogP contribution in [0.15, 0.2) is 53.0 Å². The highest BCUT2D eigenvalue weighted by Gasteiger charge is 2.29. The maximum atomic E-state index is 12.4. The summed E-state index contributed by atoms with van der Waals surface area (Å²) in [5, 5.41) is 3.02. The van der Waals surface area contributed by atoms with E-state index in [9.17, 15) is 4.79 Å². The Kier molecular flexibility index (Phi) is 5.89. The number of benzene rings is 2. The molecule has 3 rings (SSSR count). The molecule has 1 heterocycles. The van der Waals surface area contributed by atoms with Crippen LogP contribution in [0.3, 0.4) is 0 Å². The summed E-state index contributed by atoms with van der Waals surface area (Å²) in [6.45, 7) is 4.91. The first-order chi connectivity index (χ1) is 12.0. The lowest BCUT2D eigenvalue weighted by Gasteiger charge is -2.12. The third-order valence-electron chi connectivity index (χ3n) is 4.61. The molecule has 1 fully saturated rings. The van der Waals surface area contributed by atoms with E-state index >= 15 is 0 Å². The van der Waals surface area contributed by atoms with Gasteiger partial charge in [-0.2, -0.15) is 0 Å². The van der Waals surface area contributed by atoms with Crippen LogP contribution in [0.25, 0.3) is 0 Å². The average molecular weight is 402 g/mol. The van der Waals surface area contributed by atoms with Gasteiger partial charge in [0.1, 0.15) is 6.04 Å². The minimum Gasteiger partial charge on any atom is -0.351 e. The third-order valence-corrected chi connectivity index (χ3v) is 5.13. The molecule has 4 nitrogen and oxygen atoms in total. The molecule has 0 bridgehead atoms. The number of nitrogens with one attached hydrogen (secondary N) is 3. The van der Waals surface area contributed by atoms with Crippen LogP contribution in [0.1, 0.15) is 48.9 Å². The maximum absolute atomic E-state index is 12.4. The summed E-state index contributed by atoms with van der Waals surface area (Å²) in [6.07, 6.45) is 0.736. The molecule has 3 N–H and O–H groups in total. The Balaban J connectivity index is 1.51. The van der Waals surface area contributed by atoms with Crippen molar-refractivity contribution < 1.29 is 4.79 Å².